The average Bonchev–Trinajstić information content (AvgIpc) is 3.39. The van der Waals surface area contributed by atoms with Crippen molar-refractivity contribution in [2.24, 2.45) is 0 Å². The third-order valence-electron chi connectivity index (χ3n) is 5.51. The van der Waals surface area contributed by atoms with Gasteiger partial charge >= 0.3 is 11.9 Å². The van der Waals surface area contributed by atoms with Crippen molar-refractivity contribution in [1.82, 2.24) is 4.98 Å². The minimum atomic E-state index is -1.06. The van der Waals surface area contributed by atoms with Crippen molar-refractivity contribution >= 4 is 39.9 Å². The molecule has 1 amide bonds. The third kappa shape index (κ3) is 4.46. The van der Waals surface area contributed by atoms with Gasteiger partial charge in [0.15, 0.2) is 5.13 Å². The SMILES string of the molecule is C=CCOc1ccc(/C(O)=C2\C(=O)C(=O)N(c3nc(C)c(C(=O)OC)s3)[C@@H]2c2ccc(O)cc2)cc1. The zero-order chi connectivity index (χ0) is 26.0. The Labute approximate surface area is 210 Å². The Morgan fingerprint density at radius 3 is 2.44 bits per heavy atom. The van der Waals surface area contributed by atoms with Gasteiger partial charge in [-0.15, -0.1) is 0 Å². The molecule has 0 spiro atoms. The van der Waals surface area contributed by atoms with Gasteiger partial charge in [0, 0.05) is 5.56 Å². The number of rotatable bonds is 7. The number of thiazole rings is 1. The molecule has 36 heavy (non-hydrogen) atoms. The number of aromatic hydroxyl groups is 1. The van der Waals surface area contributed by atoms with Gasteiger partial charge in [-0.2, -0.15) is 0 Å². The van der Waals surface area contributed by atoms with Gasteiger partial charge in [-0.05, 0) is 48.9 Å². The van der Waals surface area contributed by atoms with Gasteiger partial charge in [-0.1, -0.05) is 36.1 Å². The topological polar surface area (TPSA) is 126 Å². The molecule has 4 rings (SSSR count). The first kappa shape index (κ1) is 24.7. The predicted octanol–water partition coefficient (Wildman–Crippen LogP) is 4.13. The Balaban J connectivity index is 1.86. The molecule has 1 aliphatic heterocycles. The van der Waals surface area contributed by atoms with E-state index in [-0.39, 0.29) is 27.1 Å². The number of hydrogen-bond acceptors (Lipinski definition) is 9. The van der Waals surface area contributed by atoms with E-state index in [0.29, 0.717) is 29.2 Å². The molecule has 1 atom stereocenters. The van der Waals surface area contributed by atoms with E-state index in [0.717, 1.165) is 16.2 Å². The van der Waals surface area contributed by atoms with E-state index in [1.54, 1.807) is 49.4 Å². The van der Waals surface area contributed by atoms with Crippen molar-refractivity contribution in [2.45, 2.75) is 13.0 Å². The zero-order valence-corrected chi connectivity index (χ0v) is 20.2. The van der Waals surface area contributed by atoms with E-state index in [2.05, 4.69) is 11.6 Å². The lowest BCUT2D eigenvalue weighted by molar-refractivity contribution is -0.132. The Morgan fingerprint density at radius 1 is 1.17 bits per heavy atom. The van der Waals surface area contributed by atoms with Gasteiger partial charge in [-0.3, -0.25) is 14.5 Å². The summed E-state index contributed by atoms with van der Waals surface area (Å²) in [7, 11) is 1.23. The monoisotopic (exact) mass is 506 g/mol. The van der Waals surface area contributed by atoms with Crippen molar-refractivity contribution in [3.05, 3.63) is 88.5 Å². The summed E-state index contributed by atoms with van der Waals surface area (Å²) in [6, 6.07) is 11.2. The van der Waals surface area contributed by atoms with Crippen molar-refractivity contribution in [3.8, 4) is 11.5 Å². The van der Waals surface area contributed by atoms with Crippen LogP contribution in [0.1, 0.15) is 32.5 Å². The highest BCUT2D eigenvalue weighted by atomic mass is 32.1. The van der Waals surface area contributed by atoms with Crippen LogP contribution in [-0.4, -0.2) is 46.6 Å². The highest BCUT2D eigenvalue weighted by molar-refractivity contribution is 7.17. The number of phenolic OH excluding ortho intramolecular Hbond substituents is 1. The second kappa shape index (κ2) is 10.0. The predicted molar refractivity (Wildman–Crippen MR) is 133 cm³/mol. The summed E-state index contributed by atoms with van der Waals surface area (Å²) in [4.78, 5) is 44.3. The van der Waals surface area contributed by atoms with Crippen LogP contribution in [0, 0.1) is 6.92 Å². The van der Waals surface area contributed by atoms with Crippen LogP contribution >= 0.6 is 11.3 Å². The minimum Gasteiger partial charge on any atom is -0.508 e. The first-order chi connectivity index (χ1) is 17.3. The number of esters is 1. The first-order valence-corrected chi connectivity index (χ1v) is 11.6. The maximum atomic E-state index is 13.2. The van der Waals surface area contributed by atoms with E-state index in [9.17, 15) is 24.6 Å². The number of benzene rings is 2. The number of amides is 1. The number of aromatic nitrogens is 1. The standard InChI is InChI=1S/C26H22N2O7S/c1-4-13-35-18-11-7-16(8-12-18)21(30)19-20(15-5-9-17(29)10-6-15)28(24(32)22(19)31)26-27-14(2)23(36-26)25(33)34-3/h4-12,20,29-30H,1,13H2,2-3H3/b21-19+/t20-/m1/s1. The zero-order valence-electron chi connectivity index (χ0n) is 19.4. The molecule has 0 unspecified atom stereocenters. The number of aliphatic hydroxyl groups is 1. The minimum absolute atomic E-state index is 0.0103. The first-order valence-electron chi connectivity index (χ1n) is 10.8. The van der Waals surface area contributed by atoms with E-state index >= 15 is 0 Å². The van der Waals surface area contributed by atoms with Crippen LogP contribution in [0.3, 0.4) is 0 Å². The number of ketones is 1. The van der Waals surface area contributed by atoms with Gasteiger partial charge in [0.05, 0.1) is 24.4 Å². The molecule has 0 saturated carbocycles. The molecule has 1 aromatic heterocycles. The molecule has 0 aliphatic carbocycles. The number of methoxy groups -OCH3 is 1. The van der Waals surface area contributed by atoms with E-state index in [4.69, 9.17) is 9.47 Å². The number of aliphatic hydroxyl groups excluding tert-OH is 1. The molecular formula is C26H22N2O7S. The fourth-order valence-corrected chi connectivity index (χ4v) is 4.80. The molecule has 2 N–H and O–H groups in total. The van der Waals surface area contributed by atoms with Gasteiger partial charge in [0.1, 0.15) is 28.7 Å². The molecule has 0 bridgehead atoms. The van der Waals surface area contributed by atoms with Crippen molar-refractivity contribution in [2.75, 3.05) is 18.6 Å². The number of carbonyl (C=O) groups is 3. The lowest BCUT2D eigenvalue weighted by atomic mass is 9.95. The molecule has 1 fully saturated rings. The molecule has 0 radical (unpaired) electrons. The largest absolute Gasteiger partial charge is 0.508 e. The third-order valence-corrected chi connectivity index (χ3v) is 6.65. The number of anilines is 1. The van der Waals surface area contributed by atoms with Gasteiger partial charge in [-0.25, -0.2) is 9.78 Å². The number of carbonyl (C=O) groups excluding carboxylic acids is 3. The lowest BCUT2D eigenvalue weighted by Crippen LogP contribution is -2.29. The number of nitrogens with zero attached hydrogens (tertiary/aromatic N) is 2. The molecule has 2 aromatic carbocycles. The second-order valence-electron chi connectivity index (χ2n) is 7.79. The molecular weight excluding hydrogens is 484 g/mol. The molecule has 10 heteroatoms. The van der Waals surface area contributed by atoms with Crippen LogP contribution in [0.2, 0.25) is 0 Å². The summed E-state index contributed by atoms with van der Waals surface area (Å²) in [6.07, 6.45) is 1.60. The smallest absolute Gasteiger partial charge is 0.350 e. The summed E-state index contributed by atoms with van der Waals surface area (Å²) in [6.45, 7) is 5.49. The summed E-state index contributed by atoms with van der Waals surface area (Å²) in [5.41, 5.74) is 0.932. The Hall–Kier alpha value is -4.44. The Morgan fingerprint density at radius 2 is 1.83 bits per heavy atom. The summed E-state index contributed by atoms with van der Waals surface area (Å²) < 4.78 is 10.2. The molecule has 1 aliphatic rings. The number of phenols is 1. The number of Topliss-reactive ketones (excluding diaryl/α,β-unsaturated/α-hetero) is 1. The van der Waals surface area contributed by atoms with Crippen LogP contribution in [0.15, 0.2) is 66.8 Å². The number of aryl methyl sites for hydroxylation is 1. The van der Waals surface area contributed by atoms with Gasteiger partial charge < -0.3 is 19.7 Å². The summed E-state index contributed by atoms with van der Waals surface area (Å²) >= 11 is 0.905. The Kier molecular flexibility index (Phi) is 6.89. The molecule has 9 nitrogen and oxygen atoms in total. The fraction of sp³-hybridized carbons (Fsp3) is 0.154. The van der Waals surface area contributed by atoms with Gasteiger partial charge in [0.2, 0.25) is 0 Å². The molecule has 1 saturated heterocycles. The summed E-state index contributed by atoms with van der Waals surface area (Å²) in [5, 5.41) is 21.1. The van der Waals surface area contributed by atoms with Crippen molar-refractivity contribution < 1.29 is 34.1 Å². The number of ether oxygens (including phenoxy) is 2. The molecule has 3 aromatic rings. The quantitative estimate of drug-likeness (QED) is 0.161. The normalized spacial score (nSPS) is 16.7. The highest BCUT2D eigenvalue weighted by Crippen LogP contribution is 2.44. The van der Waals surface area contributed by atoms with Crippen LogP contribution in [-0.2, 0) is 14.3 Å². The average molecular weight is 507 g/mol. The highest BCUT2D eigenvalue weighted by Gasteiger charge is 2.48. The van der Waals surface area contributed by atoms with E-state index in [1.165, 1.54) is 19.2 Å². The maximum Gasteiger partial charge on any atom is 0.350 e. The molecule has 184 valence electrons. The van der Waals surface area contributed by atoms with Crippen LogP contribution in [0.4, 0.5) is 5.13 Å². The van der Waals surface area contributed by atoms with Crippen molar-refractivity contribution in [1.29, 1.82) is 0 Å². The fourth-order valence-electron chi connectivity index (χ4n) is 3.79. The number of hydrogen-bond donors (Lipinski definition) is 2. The second-order valence-corrected chi connectivity index (χ2v) is 8.76. The summed E-state index contributed by atoms with van der Waals surface area (Å²) in [5.74, 6) is -2.30. The maximum absolute atomic E-state index is 13.2. The van der Waals surface area contributed by atoms with Crippen molar-refractivity contribution in [3.63, 3.8) is 0 Å². The van der Waals surface area contributed by atoms with Crippen LogP contribution in [0.25, 0.3) is 5.76 Å². The van der Waals surface area contributed by atoms with Crippen LogP contribution in [0.5, 0.6) is 11.5 Å². The lowest BCUT2D eigenvalue weighted by Gasteiger charge is -2.23. The Bertz CT molecular complexity index is 1370. The van der Waals surface area contributed by atoms with E-state index in [1.807, 2.05) is 0 Å². The van der Waals surface area contributed by atoms with Gasteiger partial charge in [0.25, 0.3) is 5.78 Å². The van der Waals surface area contributed by atoms with Crippen LogP contribution < -0.4 is 9.64 Å². The van der Waals surface area contributed by atoms with E-state index < -0.39 is 23.7 Å². The molecule has 2 heterocycles.